The molecule has 0 saturated heterocycles. The van der Waals surface area contributed by atoms with E-state index in [4.69, 9.17) is 10.5 Å². The van der Waals surface area contributed by atoms with E-state index in [1.165, 1.54) is 25.3 Å². The summed E-state index contributed by atoms with van der Waals surface area (Å²) in [6.07, 6.45) is -4.45. The average Bonchev–Trinajstić information content (AvgIpc) is 2.36. The Balaban J connectivity index is 2.58. The lowest BCUT2D eigenvalue weighted by Crippen LogP contribution is -2.29. The smallest absolute Gasteiger partial charge is 0.411 e. The normalized spacial score (nSPS) is 12.4. The van der Waals surface area contributed by atoms with Crippen LogP contribution in [0.2, 0.25) is 0 Å². The molecule has 1 rings (SSSR count). The molecule has 10 heteroatoms. The molecule has 0 heterocycles. The molecule has 21 heavy (non-hydrogen) atoms. The molecule has 3 N–H and O–H groups in total. The Bertz CT molecular complexity index is 575. The topological polar surface area (TPSA) is 90.7 Å². The van der Waals surface area contributed by atoms with Crippen molar-refractivity contribution in [2.45, 2.75) is 11.1 Å². The van der Waals surface area contributed by atoms with Gasteiger partial charge in [0.05, 0.1) is 19.4 Å². The number of halogens is 3. The molecule has 0 unspecified atom stereocenters. The van der Waals surface area contributed by atoms with Crippen LogP contribution in [0.1, 0.15) is 0 Å². The van der Waals surface area contributed by atoms with E-state index in [0.29, 0.717) is 5.75 Å². The molecular formula is C11H15F3N2O4S. The van der Waals surface area contributed by atoms with Gasteiger partial charge in [-0.3, -0.25) is 0 Å². The Morgan fingerprint density at radius 3 is 2.52 bits per heavy atom. The zero-order valence-electron chi connectivity index (χ0n) is 11.1. The van der Waals surface area contributed by atoms with Gasteiger partial charge in [-0.1, -0.05) is 0 Å². The SMILES string of the molecule is COc1ccc(S(=O)(=O)NCCOCC(F)(F)F)c(N)c1. The minimum Gasteiger partial charge on any atom is -0.497 e. The highest BCUT2D eigenvalue weighted by molar-refractivity contribution is 7.89. The van der Waals surface area contributed by atoms with Gasteiger partial charge in [0.25, 0.3) is 0 Å². The molecule has 0 bridgehead atoms. The summed E-state index contributed by atoms with van der Waals surface area (Å²) in [7, 11) is -2.52. The minimum atomic E-state index is -4.45. The van der Waals surface area contributed by atoms with Crippen LogP contribution in [0.4, 0.5) is 18.9 Å². The maximum Gasteiger partial charge on any atom is 0.411 e. The van der Waals surface area contributed by atoms with Gasteiger partial charge in [0.2, 0.25) is 10.0 Å². The summed E-state index contributed by atoms with van der Waals surface area (Å²) in [6, 6.07) is 3.98. The van der Waals surface area contributed by atoms with Crippen molar-refractivity contribution >= 4 is 15.7 Å². The second-order valence-electron chi connectivity index (χ2n) is 3.97. The Morgan fingerprint density at radius 1 is 1.33 bits per heavy atom. The highest BCUT2D eigenvalue weighted by Gasteiger charge is 2.27. The Labute approximate surface area is 120 Å². The molecule has 0 aliphatic heterocycles. The Morgan fingerprint density at radius 2 is 2.00 bits per heavy atom. The summed E-state index contributed by atoms with van der Waals surface area (Å²) < 4.78 is 70.5. The van der Waals surface area contributed by atoms with Crippen molar-refractivity contribution in [2.75, 3.05) is 32.6 Å². The van der Waals surface area contributed by atoms with Crippen LogP contribution in [0.5, 0.6) is 5.75 Å². The van der Waals surface area contributed by atoms with Crippen LogP contribution < -0.4 is 15.2 Å². The Hall–Kier alpha value is -1.52. The van der Waals surface area contributed by atoms with Crippen molar-refractivity contribution in [3.8, 4) is 5.75 Å². The van der Waals surface area contributed by atoms with Gasteiger partial charge < -0.3 is 15.2 Å². The molecule has 0 saturated carbocycles. The van der Waals surface area contributed by atoms with E-state index in [1.807, 2.05) is 0 Å². The lowest BCUT2D eigenvalue weighted by molar-refractivity contribution is -0.173. The fraction of sp³-hybridized carbons (Fsp3) is 0.455. The van der Waals surface area contributed by atoms with Gasteiger partial charge in [0, 0.05) is 12.6 Å². The number of nitrogens with one attached hydrogen (secondary N) is 1. The molecule has 0 radical (unpaired) electrons. The fourth-order valence-corrected chi connectivity index (χ4v) is 2.54. The molecule has 1 aromatic rings. The molecule has 0 aromatic heterocycles. The number of nitrogens with two attached hydrogens (primary N) is 1. The molecule has 0 fully saturated rings. The third-order valence-electron chi connectivity index (χ3n) is 2.31. The quantitative estimate of drug-likeness (QED) is 0.578. The first kappa shape index (κ1) is 17.5. The predicted octanol–water partition coefficient (Wildman–Crippen LogP) is 1.13. The number of methoxy groups -OCH3 is 1. The summed E-state index contributed by atoms with van der Waals surface area (Å²) in [5.41, 5.74) is 5.56. The van der Waals surface area contributed by atoms with E-state index < -0.39 is 29.4 Å². The summed E-state index contributed by atoms with van der Waals surface area (Å²) in [5.74, 6) is 0.389. The van der Waals surface area contributed by atoms with Crippen LogP contribution >= 0.6 is 0 Å². The second kappa shape index (κ2) is 6.96. The van der Waals surface area contributed by atoms with Crippen LogP contribution in [0.15, 0.2) is 23.1 Å². The number of nitrogen functional groups attached to an aromatic ring is 1. The average molecular weight is 328 g/mol. The van der Waals surface area contributed by atoms with Gasteiger partial charge >= 0.3 is 6.18 Å². The van der Waals surface area contributed by atoms with Crippen molar-refractivity contribution in [1.82, 2.24) is 4.72 Å². The van der Waals surface area contributed by atoms with Gasteiger partial charge in [-0.25, -0.2) is 13.1 Å². The fourth-order valence-electron chi connectivity index (χ4n) is 1.41. The first-order chi connectivity index (χ1) is 9.65. The number of benzene rings is 1. The number of rotatable bonds is 7. The van der Waals surface area contributed by atoms with E-state index in [2.05, 4.69) is 9.46 Å². The number of anilines is 1. The van der Waals surface area contributed by atoms with Crippen LogP contribution in [-0.2, 0) is 14.8 Å². The van der Waals surface area contributed by atoms with Crippen molar-refractivity contribution in [1.29, 1.82) is 0 Å². The third-order valence-corrected chi connectivity index (χ3v) is 3.85. The monoisotopic (exact) mass is 328 g/mol. The van der Waals surface area contributed by atoms with Crippen molar-refractivity contribution in [3.63, 3.8) is 0 Å². The first-order valence-electron chi connectivity index (χ1n) is 5.73. The maximum absolute atomic E-state index is 11.9. The van der Waals surface area contributed by atoms with Crippen LogP contribution in [0, 0.1) is 0 Å². The summed E-state index contributed by atoms with van der Waals surface area (Å²) in [6.45, 7) is -2.14. The minimum absolute atomic E-state index is 0.0296. The number of hydrogen-bond donors (Lipinski definition) is 2. The van der Waals surface area contributed by atoms with Gasteiger partial charge in [-0.15, -0.1) is 0 Å². The van der Waals surface area contributed by atoms with Gasteiger partial charge in [0.15, 0.2) is 0 Å². The maximum atomic E-state index is 11.9. The second-order valence-corrected chi connectivity index (χ2v) is 5.70. The molecule has 0 aliphatic rings. The highest BCUT2D eigenvalue weighted by atomic mass is 32.2. The van der Waals surface area contributed by atoms with E-state index >= 15 is 0 Å². The summed E-state index contributed by atoms with van der Waals surface area (Å²) in [4.78, 5) is -0.181. The molecule has 0 atom stereocenters. The molecule has 120 valence electrons. The molecule has 1 aromatic carbocycles. The van der Waals surface area contributed by atoms with Gasteiger partial charge in [0.1, 0.15) is 17.3 Å². The van der Waals surface area contributed by atoms with E-state index in [9.17, 15) is 21.6 Å². The standard InChI is InChI=1S/C11H15F3N2O4S/c1-19-8-2-3-10(9(15)6-8)21(17,18)16-4-5-20-7-11(12,13)14/h2-3,6,16H,4-5,7,15H2,1H3. The molecule has 0 spiro atoms. The first-order valence-corrected chi connectivity index (χ1v) is 7.22. The zero-order valence-corrected chi connectivity index (χ0v) is 11.9. The van der Waals surface area contributed by atoms with Crippen molar-refractivity contribution in [2.24, 2.45) is 0 Å². The van der Waals surface area contributed by atoms with Crippen molar-refractivity contribution in [3.05, 3.63) is 18.2 Å². The van der Waals surface area contributed by atoms with E-state index in [-0.39, 0.29) is 17.1 Å². The molecule has 0 amide bonds. The number of hydrogen-bond acceptors (Lipinski definition) is 5. The molecular weight excluding hydrogens is 313 g/mol. The van der Waals surface area contributed by atoms with E-state index in [1.54, 1.807) is 0 Å². The zero-order chi connectivity index (χ0) is 16.1. The predicted molar refractivity (Wildman–Crippen MR) is 69.5 cm³/mol. The van der Waals surface area contributed by atoms with Gasteiger partial charge in [-0.2, -0.15) is 13.2 Å². The molecule has 0 aliphatic carbocycles. The summed E-state index contributed by atoms with van der Waals surface area (Å²) >= 11 is 0. The lowest BCUT2D eigenvalue weighted by Gasteiger charge is -2.11. The van der Waals surface area contributed by atoms with Crippen LogP contribution in [0.3, 0.4) is 0 Å². The number of ether oxygens (including phenoxy) is 2. The molecule has 6 nitrogen and oxygen atoms in total. The lowest BCUT2D eigenvalue weighted by atomic mass is 10.3. The van der Waals surface area contributed by atoms with E-state index in [0.717, 1.165) is 0 Å². The third kappa shape index (κ3) is 5.78. The van der Waals surface area contributed by atoms with Gasteiger partial charge in [-0.05, 0) is 12.1 Å². The summed E-state index contributed by atoms with van der Waals surface area (Å²) in [5, 5.41) is 0. The number of alkyl halides is 3. The van der Waals surface area contributed by atoms with Crippen LogP contribution in [-0.4, -0.2) is 41.5 Å². The highest BCUT2D eigenvalue weighted by Crippen LogP contribution is 2.23. The number of sulfonamides is 1. The van der Waals surface area contributed by atoms with Crippen molar-refractivity contribution < 1.29 is 31.1 Å². The Kier molecular flexibility index (Phi) is 5.81. The van der Waals surface area contributed by atoms with Crippen LogP contribution in [0.25, 0.3) is 0 Å². The largest absolute Gasteiger partial charge is 0.497 e.